The van der Waals surface area contributed by atoms with Crippen LogP contribution < -0.4 is 0 Å². The molecule has 0 amide bonds. The SMILES string of the molecule is COC(=O)[C@H](CO)OC/C=C/c1ccccc1. The van der Waals surface area contributed by atoms with Crippen molar-refractivity contribution in [2.75, 3.05) is 20.3 Å². The quantitative estimate of drug-likeness (QED) is 0.755. The molecule has 0 bridgehead atoms. The Balaban J connectivity index is 2.36. The third-order valence-corrected chi connectivity index (χ3v) is 2.13. The van der Waals surface area contributed by atoms with Crippen LogP contribution in [0, 0.1) is 0 Å². The van der Waals surface area contributed by atoms with E-state index < -0.39 is 12.1 Å². The summed E-state index contributed by atoms with van der Waals surface area (Å²) in [5.74, 6) is -0.569. The van der Waals surface area contributed by atoms with E-state index in [-0.39, 0.29) is 13.2 Å². The minimum Gasteiger partial charge on any atom is -0.467 e. The van der Waals surface area contributed by atoms with Crippen LogP contribution >= 0.6 is 0 Å². The maximum Gasteiger partial charge on any atom is 0.337 e. The van der Waals surface area contributed by atoms with Gasteiger partial charge in [-0.3, -0.25) is 0 Å². The predicted octanol–water partition coefficient (Wildman–Crippen LogP) is 1.25. The van der Waals surface area contributed by atoms with Crippen molar-refractivity contribution in [3.8, 4) is 0 Å². The summed E-state index contributed by atoms with van der Waals surface area (Å²) in [6.45, 7) is -0.138. The summed E-state index contributed by atoms with van der Waals surface area (Å²) < 4.78 is 9.62. The first kappa shape index (κ1) is 13.4. The van der Waals surface area contributed by atoms with E-state index in [0.717, 1.165) is 5.56 Å². The van der Waals surface area contributed by atoms with Crippen LogP contribution in [0.3, 0.4) is 0 Å². The Labute approximate surface area is 100 Å². The third kappa shape index (κ3) is 4.80. The maximum atomic E-state index is 11.1. The smallest absolute Gasteiger partial charge is 0.337 e. The van der Waals surface area contributed by atoms with Gasteiger partial charge in [-0.2, -0.15) is 0 Å². The fourth-order valence-electron chi connectivity index (χ4n) is 1.25. The molecule has 0 saturated carbocycles. The second-order valence-corrected chi connectivity index (χ2v) is 3.34. The van der Waals surface area contributed by atoms with Crippen LogP contribution in [-0.2, 0) is 14.3 Å². The van der Waals surface area contributed by atoms with Gasteiger partial charge in [-0.25, -0.2) is 4.79 Å². The average Bonchev–Trinajstić information content (AvgIpc) is 2.39. The molecule has 0 aliphatic heterocycles. The number of esters is 1. The number of benzene rings is 1. The summed E-state index contributed by atoms with van der Waals surface area (Å²) in [5.41, 5.74) is 1.05. The first-order valence-electron chi connectivity index (χ1n) is 5.29. The van der Waals surface area contributed by atoms with Gasteiger partial charge in [0, 0.05) is 0 Å². The lowest BCUT2D eigenvalue weighted by atomic mass is 10.2. The van der Waals surface area contributed by atoms with Crippen LogP contribution in [0.5, 0.6) is 0 Å². The highest BCUT2D eigenvalue weighted by Gasteiger charge is 2.17. The fourth-order valence-corrected chi connectivity index (χ4v) is 1.25. The molecular formula is C13H16O4. The molecule has 4 nitrogen and oxygen atoms in total. The minimum atomic E-state index is -0.916. The third-order valence-electron chi connectivity index (χ3n) is 2.13. The molecule has 1 rings (SSSR count). The molecule has 1 N–H and O–H groups in total. The van der Waals surface area contributed by atoms with E-state index in [0.29, 0.717) is 0 Å². The van der Waals surface area contributed by atoms with Gasteiger partial charge in [0.05, 0.1) is 20.3 Å². The summed E-state index contributed by atoms with van der Waals surface area (Å²) in [6.07, 6.45) is 2.74. The van der Waals surface area contributed by atoms with E-state index in [1.165, 1.54) is 7.11 Å². The van der Waals surface area contributed by atoms with Gasteiger partial charge >= 0.3 is 5.97 Å². The van der Waals surface area contributed by atoms with Crippen molar-refractivity contribution >= 4 is 12.0 Å². The van der Waals surface area contributed by atoms with E-state index in [4.69, 9.17) is 9.84 Å². The summed E-state index contributed by atoms with van der Waals surface area (Å²) in [4.78, 5) is 11.1. The van der Waals surface area contributed by atoms with Crippen LogP contribution in [0.4, 0.5) is 0 Å². The molecule has 0 aliphatic rings. The van der Waals surface area contributed by atoms with E-state index in [1.54, 1.807) is 6.08 Å². The average molecular weight is 236 g/mol. The molecule has 17 heavy (non-hydrogen) atoms. The molecule has 0 unspecified atom stereocenters. The van der Waals surface area contributed by atoms with E-state index >= 15 is 0 Å². The molecule has 0 radical (unpaired) electrons. The zero-order valence-electron chi connectivity index (χ0n) is 9.70. The first-order valence-corrected chi connectivity index (χ1v) is 5.29. The minimum absolute atomic E-state index is 0.245. The van der Waals surface area contributed by atoms with E-state index in [1.807, 2.05) is 36.4 Å². The summed E-state index contributed by atoms with van der Waals surface area (Å²) in [5, 5.41) is 8.89. The van der Waals surface area contributed by atoms with Crippen molar-refractivity contribution in [1.29, 1.82) is 0 Å². The molecule has 0 aromatic heterocycles. The van der Waals surface area contributed by atoms with Crippen molar-refractivity contribution in [1.82, 2.24) is 0 Å². The van der Waals surface area contributed by atoms with Gasteiger partial charge in [0.1, 0.15) is 0 Å². The first-order chi connectivity index (χ1) is 8.27. The zero-order chi connectivity index (χ0) is 12.5. The van der Waals surface area contributed by atoms with Gasteiger partial charge in [0.15, 0.2) is 6.10 Å². The fraction of sp³-hybridized carbons (Fsp3) is 0.308. The Kier molecular flexibility index (Phi) is 5.99. The van der Waals surface area contributed by atoms with E-state index in [9.17, 15) is 4.79 Å². The lowest BCUT2D eigenvalue weighted by Crippen LogP contribution is -2.29. The maximum absolute atomic E-state index is 11.1. The molecule has 0 heterocycles. The molecule has 0 fully saturated rings. The highest BCUT2D eigenvalue weighted by atomic mass is 16.6. The number of aliphatic hydroxyl groups excluding tert-OH is 1. The van der Waals surface area contributed by atoms with Gasteiger partial charge in [0.25, 0.3) is 0 Å². The van der Waals surface area contributed by atoms with Crippen molar-refractivity contribution in [2.24, 2.45) is 0 Å². The Bertz CT molecular complexity index is 359. The number of ether oxygens (including phenoxy) is 2. The number of rotatable bonds is 6. The molecular weight excluding hydrogens is 220 g/mol. The molecule has 1 aromatic rings. The second-order valence-electron chi connectivity index (χ2n) is 3.34. The molecule has 4 heteroatoms. The number of carbonyl (C=O) groups is 1. The normalized spacial score (nSPS) is 12.6. The van der Waals surface area contributed by atoms with Crippen molar-refractivity contribution in [2.45, 2.75) is 6.10 Å². The highest BCUT2D eigenvalue weighted by molar-refractivity contribution is 5.74. The number of aliphatic hydroxyl groups is 1. The van der Waals surface area contributed by atoms with Crippen LogP contribution in [0.1, 0.15) is 5.56 Å². The molecule has 0 saturated heterocycles. The molecule has 1 aromatic carbocycles. The highest BCUT2D eigenvalue weighted by Crippen LogP contribution is 2.01. The van der Waals surface area contributed by atoms with Gasteiger partial charge < -0.3 is 14.6 Å². The Hall–Kier alpha value is -1.65. The van der Waals surface area contributed by atoms with Gasteiger partial charge in [-0.1, -0.05) is 42.5 Å². The summed E-state index contributed by atoms with van der Waals surface area (Å²) in [7, 11) is 1.26. The van der Waals surface area contributed by atoms with Crippen LogP contribution in [0.25, 0.3) is 6.08 Å². The van der Waals surface area contributed by atoms with E-state index in [2.05, 4.69) is 4.74 Å². The summed E-state index contributed by atoms with van der Waals surface area (Å²) in [6, 6.07) is 9.73. The monoisotopic (exact) mass is 236 g/mol. The largest absolute Gasteiger partial charge is 0.467 e. The predicted molar refractivity (Wildman–Crippen MR) is 64.3 cm³/mol. The Morgan fingerprint density at radius 3 is 2.71 bits per heavy atom. The van der Waals surface area contributed by atoms with Gasteiger partial charge in [-0.15, -0.1) is 0 Å². The van der Waals surface area contributed by atoms with Crippen LogP contribution in [-0.4, -0.2) is 37.5 Å². The van der Waals surface area contributed by atoms with Gasteiger partial charge in [0.2, 0.25) is 0 Å². The molecule has 1 atom stereocenters. The number of hydrogen-bond donors (Lipinski definition) is 1. The van der Waals surface area contributed by atoms with Crippen molar-refractivity contribution in [3.05, 3.63) is 42.0 Å². The van der Waals surface area contributed by atoms with Crippen LogP contribution in [0.15, 0.2) is 36.4 Å². The number of methoxy groups -OCH3 is 1. The number of carbonyl (C=O) groups excluding carboxylic acids is 1. The topological polar surface area (TPSA) is 55.8 Å². The van der Waals surface area contributed by atoms with Crippen molar-refractivity contribution in [3.63, 3.8) is 0 Å². The standard InChI is InChI=1S/C13H16O4/c1-16-13(15)12(10-14)17-9-5-8-11-6-3-2-4-7-11/h2-8,12,14H,9-10H2,1H3/b8-5+/t12-/m0/s1. The Morgan fingerprint density at radius 1 is 1.41 bits per heavy atom. The summed E-state index contributed by atoms with van der Waals surface area (Å²) >= 11 is 0. The molecule has 0 spiro atoms. The van der Waals surface area contributed by atoms with Gasteiger partial charge in [-0.05, 0) is 5.56 Å². The Morgan fingerprint density at radius 2 is 2.12 bits per heavy atom. The lowest BCUT2D eigenvalue weighted by Gasteiger charge is -2.10. The lowest BCUT2D eigenvalue weighted by molar-refractivity contribution is -0.155. The molecule has 0 aliphatic carbocycles. The number of hydrogen-bond acceptors (Lipinski definition) is 4. The zero-order valence-corrected chi connectivity index (χ0v) is 9.70. The second kappa shape index (κ2) is 7.60. The van der Waals surface area contributed by atoms with Crippen molar-refractivity contribution < 1.29 is 19.4 Å². The molecule has 92 valence electrons. The van der Waals surface area contributed by atoms with Crippen LogP contribution in [0.2, 0.25) is 0 Å².